The third-order valence-corrected chi connectivity index (χ3v) is 4.35. The van der Waals surface area contributed by atoms with Gasteiger partial charge in [-0.3, -0.25) is 4.90 Å². The first-order valence-electron chi connectivity index (χ1n) is 7.08. The van der Waals surface area contributed by atoms with E-state index in [1.54, 1.807) is 0 Å². The summed E-state index contributed by atoms with van der Waals surface area (Å²) < 4.78 is 0. The minimum absolute atomic E-state index is 0.781. The monoisotopic (exact) mass is 255 g/mol. The molecule has 0 radical (unpaired) electrons. The number of nitrogens with zero attached hydrogens (tertiary/aromatic N) is 2. The van der Waals surface area contributed by atoms with Crippen molar-refractivity contribution in [1.29, 1.82) is 0 Å². The van der Waals surface area contributed by atoms with Crippen molar-refractivity contribution in [1.82, 2.24) is 15.1 Å². The van der Waals surface area contributed by atoms with Gasteiger partial charge >= 0.3 is 0 Å². The van der Waals surface area contributed by atoms with Crippen molar-refractivity contribution >= 4 is 17.3 Å². The molecule has 0 aromatic carbocycles. The summed E-state index contributed by atoms with van der Waals surface area (Å²) in [6, 6.07) is 0.781. The van der Waals surface area contributed by atoms with E-state index in [1.807, 2.05) is 0 Å². The Labute approximate surface area is 111 Å². The molecule has 1 aliphatic heterocycles. The Morgan fingerprint density at radius 2 is 2.06 bits per heavy atom. The van der Waals surface area contributed by atoms with Crippen LogP contribution < -0.4 is 5.32 Å². The zero-order valence-corrected chi connectivity index (χ0v) is 11.8. The van der Waals surface area contributed by atoms with Gasteiger partial charge in [0.25, 0.3) is 0 Å². The second-order valence-electron chi connectivity index (χ2n) is 5.28. The Kier molecular flexibility index (Phi) is 5.04. The van der Waals surface area contributed by atoms with E-state index in [0.29, 0.717) is 0 Å². The Morgan fingerprint density at radius 3 is 2.76 bits per heavy atom. The van der Waals surface area contributed by atoms with E-state index in [1.165, 1.54) is 44.9 Å². The number of rotatable bonds is 4. The fraction of sp³-hybridized carbons (Fsp3) is 0.923. The average Bonchev–Trinajstić information content (AvgIpc) is 2.39. The quantitative estimate of drug-likeness (QED) is 0.778. The van der Waals surface area contributed by atoms with Crippen LogP contribution in [0.3, 0.4) is 0 Å². The van der Waals surface area contributed by atoms with Gasteiger partial charge in [0.05, 0.1) is 13.3 Å². The molecule has 2 fully saturated rings. The van der Waals surface area contributed by atoms with Gasteiger partial charge in [0.2, 0.25) is 0 Å². The van der Waals surface area contributed by atoms with Crippen LogP contribution in [0.1, 0.15) is 51.9 Å². The Bertz CT molecular complexity index is 251. The molecule has 4 heteroatoms. The van der Waals surface area contributed by atoms with Gasteiger partial charge in [0.1, 0.15) is 0 Å². The molecule has 0 spiro atoms. The van der Waals surface area contributed by atoms with Crippen LogP contribution >= 0.6 is 12.2 Å². The molecule has 17 heavy (non-hydrogen) atoms. The van der Waals surface area contributed by atoms with Crippen molar-refractivity contribution in [2.45, 2.75) is 57.9 Å². The summed E-state index contributed by atoms with van der Waals surface area (Å²) in [4.78, 5) is 4.90. The zero-order chi connectivity index (χ0) is 12.1. The number of hydrogen-bond acceptors (Lipinski definition) is 2. The van der Waals surface area contributed by atoms with E-state index in [-0.39, 0.29) is 0 Å². The second-order valence-corrected chi connectivity index (χ2v) is 5.67. The number of thiocarbonyl (C=S) groups is 1. The van der Waals surface area contributed by atoms with Gasteiger partial charge < -0.3 is 10.2 Å². The Morgan fingerprint density at radius 1 is 1.29 bits per heavy atom. The fourth-order valence-corrected chi connectivity index (χ4v) is 3.04. The lowest BCUT2D eigenvalue weighted by Gasteiger charge is -2.43. The van der Waals surface area contributed by atoms with E-state index in [0.717, 1.165) is 31.0 Å². The van der Waals surface area contributed by atoms with E-state index in [9.17, 15) is 0 Å². The summed E-state index contributed by atoms with van der Waals surface area (Å²) in [5.41, 5.74) is 0. The molecule has 1 N–H and O–H groups in total. The molecule has 0 aromatic heterocycles. The number of hydrogen-bond donors (Lipinski definition) is 1. The second kappa shape index (κ2) is 6.55. The van der Waals surface area contributed by atoms with Crippen LogP contribution in [0.25, 0.3) is 0 Å². The Balaban J connectivity index is 1.85. The molecular formula is C13H25N3S. The highest BCUT2D eigenvalue weighted by molar-refractivity contribution is 7.80. The van der Waals surface area contributed by atoms with Crippen molar-refractivity contribution in [3.8, 4) is 0 Å². The highest BCUT2D eigenvalue weighted by atomic mass is 32.1. The summed E-state index contributed by atoms with van der Waals surface area (Å²) >= 11 is 5.38. The maximum Gasteiger partial charge on any atom is 0.170 e. The van der Waals surface area contributed by atoms with Crippen LogP contribution in [0.5, 0.6) is 0 Å². The standard InChI is InChI=1S/C13H25N3S/c1-2-3-9-15-11-16(10-14-13(15)17)12-7-5-4-6-8-12/h12H,2-11H2,1H3,(H,14,17). The molecule has 1 saturated carbocycles. The maximum atomic E-state index is 5.38. The molecular weight excluding hydrogens is 230 g/mol. The highest BCUT2D eigenvalue weighted by Gasteiger charge is 2.26. The lowest BCUT2D eigenvalue weighted by molar-refractivity contribution is 0.0829. The van der Waals surface area contributed by atoms with Crippen molar-refractivity contribution < 1.29 is 0 Å². The average molecular weight is 255 g/mol. The molecule has 1 saturated heterocycles. The van der Waals surface area contributed by atoms with Crippen LogP contribution in [0.4, 0.5) is 0 Å². The minimum atomic E-state index is 0.781. The summed E-state index contributed by atoms with van der Waals surface area (Å²) in [6.07, 6.45) is 9.45. The SMILES string of the molecule is CCCCN1CN(C2CCCCC2)CNC1=S. The van der Waals surface area contributed by atoms with Crippen LogP contribution in [-0.2, 0) is 0 Å². The molecule has 1 aliphatic carbocycles. The van der Waals surface area contributed by atoms with Gasteiger partial charge in [0.15, 0.2) is 5.11 Å². The first-order valence-corrected chi connectivity index (χ1v) is 7.49. The third kappa shape index (κ3) is 3.55. The van der Waals surface area contributed by atoms with Crippen molar-refractivity contribution in [3.05, 3.63) is 0 Å². The summed E-state index contributed by atoms with van der Waals surface area (Å²) in [6.45, 7) is 5.33. The van der Waals surface area contributed by atoms with Gasteiger partial charge in [0, 0.05) is 12.6 Å². The van der Waals surface area contributed by atoms with Gasteiger partial charge in [-0.2, -0.15) is 0 Å². The topological polar surface area (TPSA) is 18.5 Å². The van der Waals surface area contributed by atoms with Crippen LogP contribution in [0.15, 0.2) is 0 Å². The molecule has 2 aliphatic rings. The maximum absolute atomic E-state index is 5.38. The van der Waals surface area contributed by atoms with Gasteiger partial charge in [-0.25, -0.2) is 0 Å². The first-order chi connectivity index (χ1) is 8.31. The normalized spacial score (nSPS) is 23.8. The van der Waals surface area contributed by atoms with E-state index >= 15 is 0 Å². The molecule has 0 amide bonds. The lowest BCUT2D eigenvalue weighted by atomic mass is 9.94. The molecule has 0 atom stereocenters. The highest BCUT2D eigenvalue weighted by Crippen LogP contribution is 2.23. The van der Waals surface area contributed by atoms with Gasteiger partial charge in [-0.15, -0.1) is 0 Å². The Hall–Kier alpha value is -0.350. The third-order valence-electron chi connectivity index (χ3n) is 3.95. The number of unbranched alkanes of at least 4 members (excludes halogenated alkanes) is 1. The summed E-state index contributed by atoms with van der Waals surface area (Å²) in [7, 11) is 0. The molecule has 2 rings (SSSR count). The molecule has 3 nitrogen and oxygen atoms in total. The van der Waals surface area contributed by atoms with Crippen molar-refractivity contribution in [2.24, 2.45) is 0 Å². The van der Waals surface area contributed by atoms with Crippen LogP contribution in [0, 0.1) is 0 Å². The van der Waals surface area contributed by atoms with Crippen molar-refractivity contribution in [2.75, 3.05) is 19.9 Å². The lowest BCUT2D eigenvalue weighted by Crippen LogP contribution is -2.59. The molecule has 0 aromatic rings. The fourth-order valence-electron chi connectivity index (χ4n) is 2.83. The van der Waals surface area contributed by atoms with E-state index < -0.39 is 0 Å². The molecule has 98 valence electrons. The number of nitrogens with one attached hydrogen (secondary N) is 1. The van der Waals surface area contributed by atoms with Gasteiger partial charge in [-0.05, 0) is 31.5 Å². The first kappa shape index (κ1) is 13.1. The van der Waals surface area contributed by atoms with Crippen molar-refractivity contribution in [3.63, 3.8) is 0 Å². The van der Waals surface area contributed by atoms with Crippen LogP contribution in [-0.4, -0.2) is 40.8 Å². The smallest absolute Gasteiger partial charge is 0.170 e. The minimum Gasteiger partial charge on any atom is -0.350 e. The van der Waals surface area contributed by atoms with Gasteiger partial charge in [-0.1, -0.05) is 32.6 Å². The molecule has 0 unspecified atom stereocenters. The van der Waals surface area contributed by atoms with E-state index in [4.69, 9.17) is 12.2 Å². The predicted octanol–water partition coefficient (Wildman–Crippen LogP) is 2.53. The van der Waals surface area contributed by atoms with E-state index in [2.05, 4.69) is 22.0 Å². The zero-order valence-electron chi connectivity index (χ0n) is 11.0. The largest absolute Gasteiger partial charge is 0.350 e. The van der Waals surface area contributed by atoms with Crippen LogP contribution in [0.2, 0.25) is 0 Å². The summed E-state index contributed by atoms with van der Waals surface area (Å²) in [5, 5.41) is 4.32. The molecule has 1 heterocycles. The predicted molar refractivity (Wildman–Crippen MR) is 75.8 cm³/mol. The summed E-state index contributed by atoms with van der Waals surface area (Å²) in [5.74, 6) is 0. The molecule has 0 bridgehead atoms.